The fourth-order valence-corrected chi connectivity index (χ4v) is 4.14. The van der Waals surface area contributed by atoms with E-state index in [0.717, 1.165) is 0 Å². The maximum atomic E-state index is 13.5. The SMILES string of the molecule is CC1OC[C@@H](O)[C@H]([C@H](OC(=O)COc2ccccc2)[C@@H](OC(=O)COc2ccccc2)C(=O)C(=O)OCc2ccccc2)O1. The number of ketones is 1. The van der Waals surface area contributed by atoms with Crippen molar-refractivity contribution in [3.8, 4) is 11.5 Å². The number of carbonyl (C=O) groups is 4. The molecule has 0 aliphatic carbocycles. The zero-order valence-electron chi connectivity index (χ0n) is 23.8. The molecular formula is C32H32O12. The Bertz CT molecular complexity index is 1370. The Morgan fingerprint density at radius 1 is 0.795 bits per heavy atom. The summed E-state index contributed by atoms with van der Waals surface area (Å²) >= 11 is 0. The molecule has 0 amide bonds. The van der Waals surface area contributed by atoms with Crippen LogP contribution in [0.15, 0.2) is 91.0 Å². The van der Waals surface area contributed by atoms with Gasteiger partial charge in [-0.1, -0.05) is 66.7 Å². The highest BCUT2D eigenvalue weighted by molar-refractivity contribution is 6.35. The number of Topliss-reactive ketones (excluding diaryl/α,β-unsaturated/α-hetero) is 1. The van der Waals surface area contributed by atoms with Gasteiger partial charge in [0.05, 0.1) is 6.61 Å². The summed E-state index contributed by atoms with van der Waals surface area (Å²) in [4.78, 5) is 52.4. The van der Waals surface area contributed by atoms with E-state index in [9.17, 15) is 24.3 Å². The molecule has 12 nitrogen and oxygen atoms in total. The molecule has 1 saturated heterocycles. The van der Waals surface area contributed by atoms with Gasteiger partial charge in [-0.25, -0.2) is 14.4 Å². The molecule has 44 heavy (non-hydrogen) atoms. The number of aliphatic hydroxyl groups excluding tert-OH is 1. The second-order valence-electron chi connectivity index (χ2n) is 9.56. The second-order valence-corrected chi connectivity index (χ2v) is 9.56. The number of hydrogen-bond donors (Lipinski definition) is 1. The third-order valence-electron chi connectivity index (χ3n) is 6.25. The Hall–Kier alpha value is -4.78. The third-order valence-corrected chi connectivity index (χ3v) is 6.25. The lowest BCUT2D eigenvalue weighted by Gasteiger charge is -2.38. The highest BCUT2D eigenvalue weighted by Gasteiger charge is 2.48. The number of rotatable bonds is 14. The van der Waals surface area contributed by atoms with E-state index < -0.39 is 67.6 Å². The molecule has 1 aliphatic heterocycles. The lowest BCUT2D eigenvalue weighted by molar-refractivity contribution is -0.275. The Morgan fingerprint density at radius 2 is 1.32 bits per heavy atom. The van der Waals surface area contributed by atoms with Gasteiger partial charge in [0.1, 0.15) is 30.3 Å². The van der Waals surface area contributed by atoms with Crippen LogP contribution in [0, 0.1) is 0 Å². The number of esters is 3. The van der Waals surface area contributed by atoms with Crippen molar-refractivity contribution in [1.29, 1.82) is 0 Å². The Morgan fingerprint density at radius 3 is 1.89 bits per heavy atom. The Balaban J connectivity index is 1.56. The molecule has 12 heteroatoms. The van der Waals surface area contributed by atoms with Crippen molar-refractivity contribution in [2.45, 2.75) is 44.2 Å². The van der Waals surface area contributed by atoms with Crippen LogP contribution in [0.5, 0.6) is 11.5 Å². The van der Waals surface area contributed by atoms with Gasteiger partial charge in [0, 0.05) is 0 Å². The Labute approximate surface area is 253 Å². The molecule has 3 aromatic carbocycles. The highest BCUT2D eigenvalue weighted by atomic mass is 16.7. The summed E-state index contributed by atoms with van der Waals surface area (Å²) < 4.78 is 37.9. The zero-order chi connectivity index (χ0) is 31.3. The molecular weight excluding hydrogens is 576 g/mol. The van der Waals surface area contributed by atoms with Gasteiger partial charge < -0.3 is 38.3 Å². The van der Waals surface area contributed by atoms with Gasteiger partial charge in [-0.3, -0.25) is 4.79 Å². The van der Waals surface area contributed by atoms with Crippen LogP contribution < -0.4 is 9.47 Å². The van der Waals surface area contributed by atoms with Gasteiger partial charge in [0.15, 0.2) is 25.6 Å². The quantitative estimate of drug-likeness (QED) is 0.162. The van der Waals surface area contributed by atoms with E-state index in [1.165, 1.54) is 6.92 Å². The van der Waals surface area contributed by atoms with Crippen molar-refractivity contribution in [2.75, 3.05) is 19.8 Å². The van der Waals surface area contributed by atoms with E-state index in [1.54, 1.807) is 91.0 Å². The molecule has 1 heterocycles. The first-order valence-corrected chi connectivity index (χ1v) is 13.7. The molecule has 0 aromatic heterocycles. The summed E-state index contributed by atoms with van der Waals surface area (Å²) in [6.45, 7) is -0.268. The lowest BCUT2D eigenvalue weighted by atomic mass is 9.98. The number of aliphatic hydroxyl groups is 1. The van der Waals surface area contributed by atoms with Gasteiger partial charge in [-0.05, 0) is 36.8 Å². The van der Waals surface area contributed by atoms with E-state index in [1.807, 2.05) is 0 Å². The minimum absolute atomic E-state index is 0.258. The van der Waals surface area contributed by atoms with Gasteiger partial charge >= 0.3 is 17.9 Å². The van der Waals surface area contributed by atoms with E-state index in [2.05, 4.69) is 0 Å². The topological polar surface area (TPSA) is 153 Å². The lowest BCUT2D eigenvalue weighted by Crippen LogP contribution is -2.58. The molecule has 0 bridgehead atoms. The third kappa shape index (κ3) is 9.63. The molecule has 0 radical (unpaired) electrons. The molecule has 1 unspecified atom stereocenters. The van der Waals surface area contributed by atoms with Crippen LogP contribution in [0.4, 0.5) is 0 Å². The summed E-state index contributed by atoms with van der Waals surface area (Å²) in [7, 11) is 0. The molecule has 3 aromatic rings. The average Bonchev–Trinajstić information content (AvgIpc) is 3.05. The van der Waals surface area contributed by atoms with Crippen molar-refractivity contribution in [3.05, 3.63) is 96.6 Å². The summed E-state index contributed by atoms with van der Waals surface area (Å²) in [5, 5.41) is 10.7. The number of carbonyl (C=O) groups excluding carboxylic acids is 4. The van der Waals surface area contributed by atoms with Crippen LogP contribution in [-0.2, 0) is 49.5 Å². The average molecular weight is 609 g/mol. The van der Waals surface area contributed by atoms with E-state index in [0.29, 0.717) is 17.1 Å². The van der Waals surface area contributed by atoms with Crippen LogP contribution in [0.2, 0.25) is 0 Å². The highest BCUT2D eigenvalue weighted by Crippen LogP contribution is 2.24. The first-order valence-electron chi connectivity index (χ1n) is 13.7. The van der Waals surface area contributed by atoms with Crippen molar-refractivity contribution in [2.24, 2.45) is 0 Å². The van der Waals surface area contributed by atoms with Gasteiger partial charge in [-0.2, -0.15) is 0 Å². The first-order chi connectivity index (χ1) is 21.3. The first kappa shape index (κ1) is 32.1. The molecule has 0 spiro atoms. The monoisotopic (exact) mass is 608 g/mol. The molecule has 4 rings (SSSR count). The standard InChI is InChI=1S/C32H32O12/c1-21-38-18-25(33)29(42-21)31(44-27(35)20-40-24-15-9-4-10-16-24)30(43-26(34)19-39-23-13-7-3-8-14-23)28(36)32(37)41-17-22-11-5-2-6-12-22/h2-16,21,25,29-31,33H,17-20H2,1H3/t21?,25-,29-,30+,31+/m1/s1. The van der Waals surface area contributed by atoms with Crippen LogP contribution in [0.3, 0.4) is 0 Å². The largest absolute Gasteiger partial charge is 0.482 e. The van der Waals surface area contributed by atoms with Crippen molar-refractivity contribution >= 4 is 23.7 Å². The van der Waals surface area contributed by atoms with Crippen molar-refractivity contribution < 1.29 is 57.4 Å². The van der Waals surface area contributed by atoms with Gasteiger partial charge in [-0.15, -0.1) is 0 Å². The minimum atomic E-state index is -2.09. The summed E-state index contributed by atoms with van der Waals surface area (Å²) in [5.74, 6) is -4.09. The molecule has 0 saturated carbocycles. The fraction of sp³-hybridized carbons (Fsp3) is 0.312. The second kappa shape index (κ2) is 16.2. The smallest absolute Gasteiger partial charge is 0.379 e. The maximum absolute atomic E-state index is 13.5. The van der Waals surface area contributed by atoms with Crippen LogP contribution in [-0.4, -0.2) is 79.3 Å². The number of hydrogen-bond acceptors (Lipinski definition) is 12. The zero-order valence-corrected chi connectivity index (χ0v) is 23.8. The fourth-order valence-electron chi connectivity index (χ4n) is 4.14. The number of ether oxygens (including phenoxy) is 7. The van der Waals surface area contributed by atoms with Crippen LogP contribution in [0.25, 0.3) is 0 Å². The molecule has 1 aliphatic rings. The molecule has 1 N–H and O–H groups in total. The number of para-hydroxylation sites is 2. The van der Waals surface area contributed by atoms with E-state index >= 15 is 0 Å². The van der Waals surface area contributed by atoms with Crippen LogP contribution in [0.1, 0.15) is 12.5 Å². The predicted molar refractivity (Wildman–Crippen MR) is 151 cm³/mol. The number of benzene rings is 3. The van der Waals surface area contributed by atoms with Crippen molar-refractivity contribution in [1.82, 2.24) is 0 Å². The maximum Gasteiger partial charge on any atom is 0.379 e. The molecule has 5 atom stereocenters. The minimum Gasteiger partial charge on any atom is -0.482 e. The normalized spacial score (nSPS) is 19.1. The summed E-state index contributed by atoms with van der Waals surface area (Å²) in [6, 6.07) is 25.3. The van der Waals surface area contributed by atoms with E-state index in [-0.39, 0.29) is 13.2 Å². The van der Waals surface area contributed by atoms with Gasteiger partial charge in [0.25, 0.3) is 5.78 Å². The molecule has 1 fully saturated rings. The summed E-state index contributed by atoms with van der Waals surface area (Å²) in [6.07, 6.45) is -7.67. The summed E-state index contributed by atoms with van der Waals surface area (Å²) in [5.41, 5.74) is 0.594. The van der Waals surface area contributed by atoms with Gasteiger partial charge in [0.2, 0.25) is 6.10 Å². The predicted octanol–water partition coefficient (Wildman–Crippen LogP) is 2.40. The molecule has 232 valence electrons. The van der Waals surface area contributed by atoms with Crippen LogP contribution >= 0.6 is 0 Å². The van der Waals surface area contributed by atoms with Crippen molar-refractivity contribution in [3.63, 3.8) is 0 Å². The Kier molecular flexibility index (Phi) is 11.8. The van der Waals surface area contributed by atoms with E-state index in [4.69, 9.17) is 33.2 Å².